The van der Waals surface area contributed by atoms with Gasteiger partial charge in [-0.2, -0.15) is 0 Å². The summed E-state index contributed by atoms with van der Waals surface area (Å²) in [7, 11) is -0.301. The third-order valence-electron chi connectivity index (χ3n) is 11.2. The number of benzene rings is 3. The molecule has 6 atom stereocenters. The molecule has 3 N–H and O–H groups in total. The second-order valence-electron chi connectivity index (χ2n) is 16.7. The number of phosphoric ester groups is 1. The molecule has 17 heteroatoms. The van der Waals surface area contributed by atoms with Crippen molar-refractivity contribution in [1.29, 1.82) is 0 Å². The van der Waals surface area contributed by atoms with Crippen molar-refractivity contribution in [1.82, 2.24) is 16.0 Å². The molecule has 0 saturated heterocycles. The number of hydrogen-bond donors (Lipinski definition) is 3. The molecule has 3 aromatic carbocycles. The van der Waals surface area contributed by atoms with Gasteiger partial charge >= 0.3 is 26.1 Å². The van der Waals surface area contributed by atoms with Crippen molar-refractivity contribution < 1.29 is 60.9 Å². The molecule has 0 aliphatic carbocycles. The van der Waals surface area contributed by atoms with E-state index in [9.17, 15) is 14.4 Å². The van der Waals surface area contributed by atoms with Crippen LogP contribution in [0.5, 0.6) is 17.2 Å². The van der Waals surface area contributed by atoms with E-state index in [4.69, 9.17) is 42.0 Å². The first-order valence-corrected chi connectivity index (χ1v) is 25.6. The van der Waals surface area contributed by atoms with Gasteiger partial charge in [-0.15, -0.1) is 0 Å². The standard InChI is InChI=1S/C51H78N3O13P/c1-10-13-16-19-31-62-49(55)52-46(40-25-22-28-43(34-40)59-7)37(4)65-68(58,66-38(5)47(41-26-23-29-44(35-41)60-8)53-50(56)63-32-20-17-14-11-2)67-39(6)48(42-27-24-30-45(36-42)61-9)54-51(57)64-33-21-18-15-12-3/h22-30,34-39,46-48H,10-21,31-33H2,1-9H3,(H,52,55)(H,53,56)(H,54,57). The highest BCUT2D eigenvalue weighted by molar-refractivity contribution is 7.48. The predicted octanol–water partition coefficient (Wildman–Crippen LogP) is 12.5. The van der Waals surface area contributed by atoms with Crippen LogP contribution in [0.25, 0.3) is 0 Å². The average molecular weight is 972 g/mol. The molecule has 3 aromatic rings. The van der Waals surface area contributed by atoms with E-state index < -0.39 is 62.5 Å². The van der Waals surface area contributed by atoms with Gasteiger partial charge in [-0.25, -0.2) is 18.9 Å². The molecule has 0 spiro atoms. The monoisotopic (exact) mass is 972 g/mol. The van der Waals surface area contributed by atoms with Crippen LogP contribution < -0.4 is 30.2 Å². The number of nitrogens with one attached hydrogen (secondary N) is 3. The van der Waals surface area contributed by atoms with Crippen molar-refractivity contribution in [3.63, 3.8) is 0 Å². The number of methoxy groups -OCH3 is 3. The van der Waals surface area contributed by atoms with Crippen molar-refractivity contribution in [2.24, 2.45) is 0 Å². The molecule has 380 valence electrons. The highest BCUT2D eigenvalue weighted by atomic mass is 31.2. The number of carbonyl (C=O) groups is 3. The van der Waals surface area contributed by atoms with Crippen LogP contribution in [0, 0.1) is 0 Å². The van der Waals surface area contributed by atoms with Crippen molar-refractivity contribution in [2.45, 2.75) is 155 Å². The first-order chi connectivity index (χ1) is 32.8. The number of hydrogen-bond acceptors (Lipinski definition) is 13. The van der Waals surface area contributed by atoms with Gasteiger partial charge in [0.05, 0.1) is 77.6 Å². The Morgan fingerprint density at radius 1 is 0.456 bits per heavy atom. The smallest absolute Gasteiger partial charge is 0.475 e. The van der Waals surface area contributed by atoms with Crippen LogP contribution in [0.15, 0.2) is 72.8 Å². The van der Waals surface area contributed by atoms with Crippen LogP contribution in [0.2, 0.25) is 0 Å². The van der Waals surface area contributed by atoms with Crippen molar-refractivity contribution in [3.8, 4) is 17.2 Å². The van der Waals surface area contributed by atoms with E-state index in [1.165, 1.54) is 21.3 Å². The van der Waals surface area contributed by atoms with Crippen LogP contribution in [-0.4, -0.2) is 77.7 Å². The Kier molecular flexibility index (Phi) is 26.9. The van der Waals surface area contributed by atoms with Crippen LogP contribution in [0.4, 0.5) is 14.4 Å². The summed E-state index contributed by atoms with van der Waals surface area (Å²) < 4.78 is 68.4. The van der Waals surface area contributed by atoms with E-state index in [0.717, 1.165) is 57.8 Å². The van der Waals surface area contributed by atoms with Gasteiger partial charge in [0.25, 0.3) is 0 Å². The van der Waals surface area contributed by atoms with E-state index in [0.29, 0.717) is 53.2 Å². The minimum Gasteiger partial charge on any atom is -0.497 e. The van der Waals surface area contributed by atoms with Crippen LogP contribution in [0.1, 0.15) is 153 Å². The molecule has 0 saturated carbocycles. The zero-order chi connectivity index (χ0) is 49.7. The number of unbranched alkanes of at least 4 members (excludes halogenated alkanes) is 9. The maximum atomic E-state index is 15.7. The summed E-state index contributed by atoms with van der Waals surface area (Å²) in [6, 6.07) is 18.0. The molecule has 0 fully saturated rings. The Hall–Kier alpha value is -5.02. The van der Waals surface area contributed by atoms with Crippen LogP contribution >= 0.6 is 7.82 Å². The van der Waals surface area contributed by atoms with Gasteiger partial charge in [0.1, 0.15) is 17.2 Å². The highest BCUT2D eigenvalue weighted by Gasteiger charge is 2.42. The zero-order valence-corrected chi connectivity index (χ0v) is 42.6. The first kappa shape index (κ1) is 57.3. The number of carbonyl (C=O) groups excluding carboxylic acids is 3. The van der Waals surface area contributed by atoms with E-state index >= 15 is 4.57 Å². The van der Waals surface area contributed by atoms with Gasteiger partial charge in [0.2, 0.25) is 0 Å². The maximum Gasteiger partial charge on any atom is 0.475 e. The Labute approximate surface area is 404 Å². The molecule has 3 amide bonds. The molecule has 68 heavy (non-hydrogen) atoms. The number of ether oxygens (including phenoxy) is 6. The van der Waals surface area contributed by atoms with E-state index in [2.05, 4.69) is 36.7 Å². The third-order valence-corrected chi connectivity index (χ3v) is 12.9. The minimum atomic E-state index is -4.87. The lowest BCUT2D eigenvalue weighted by atomic mass is 10.0. The molecule has 0 radical (unpaired) electrons. The van der Waals surface area contributed by atoms with Gasteiger partial charge in [-0.05, 0) is 93.1 Å². The minimum absolute atomic E-state index is 0.200. The second-order valence-corrected chi connectivity index (χ2v) is 18.2. The molecule has 0 heterocycles. The van der Waals surface area contributed by atoms with Gasteiger partial charge in [-0.1, -0.05) is 115 Å². The number of alkyl carbamates (subject to hydrolysis) is 3. The molecule has 16 nitrogen and oxygen atoms in total. The summed E-state index contributed by atoms with van der Waals surface area (Å²) in [6.07, 6.45) is 5.36. The van der Waals surface area contributed by atoms with Crippen molar-refractivity contribution in [2.75, 3.05) is 41.2 Å². The number of phosphoric acid groups is 1. The highest BCUT2D eigenvalue weighted by Crippen LogP contribution is 2.56. The predicted molar refractivity (Wildman–Crippen MR) is 262 cm³/mol. The van der Waals surface area contributed by atoms with E-state index in [-0.39, 0.29) is 19.8 Å². The lowest BCUT2D eigenvalue weighted by Crippen LogP contribution is -2.39. The van der Waals surface area contributed by atoms with Crippen molar-refractivity contribution >= 4 is 26.1 Å². The van der Waals surface area contributed by atoms with Gasteiger partial charge in [-0.3, -0.25) is 13.6 Å². The van der Waals surface area contributed by atoms with Gasteiger partial charge in [0.15, 0.2) is 0 Å². The number of amides is 3. The average Bonchev–Trinajstić information content (AvgIpc) is 3.33. The molecule has 3 rings (SSSR count). The topological polar surface area (TPSA) is 187 Å². The quantitative estimate of drug-likeness (QED) is 0.0297. The third kappa shape index (κ3) is 20.7. The fourth-order valence-corrected chi connectivity index (χ4v) is 9.11. The summed E-state index contributed by atoms with van der Waals surface area (Å²) in [5, 5.41) is 8.68. The summed E-state index contributed by atoms with van der Waals surface area (Å²) in [5.41, 5.74) is 1.63. The molecule has 0 aromatic heterocycles. The fraction of sp³-hybridized carbons (Fsp3) is 0.588. The molecule has 0 aliphatic heterocycles. The molecule has 0 aliphatic rings. The zero-order valence-electron chi connectivity index (χ0n) is 41.8. The normalized spacial score (nSPS) is 14.7. The lowest BCUT2D eigenvalue weighted by molar-refractivity contribution is 0.0144. The molecular weight excluding hydrogens is 894 g/mol. The van der Waals surface area contributed by atoms with Crippen molar-refractivity contribution in [3.05, 3.63) is 89.5 Å². The first-order valence-electron chi connectivity index (χ1n) is 24.2. The second kappa shape index (κ2) is 31.9. The molecular formula is C51H78N3O13P. The summed E-state index contributed by atoms with van der Waals surface area (Å²) >= 11 is 0. The summed E-state index contributed by atoms with van der Waals surface area (Å²) in [4.78, 5) is 40.3. The SMILES string of the molecule is CCCCCCOC(=O)NC(c1cccc(OC)c1)C(C)OP(=O)(OC(C)C(NC(=O)OCCCCCC)c1cccc(OC)c1)OC(C)C(NC(=O)OCCCCCC)c1cccc(OC)c1. The largest absolute Gasteiger partial charge is 0.497 e. The molecule has 0 bridgehead atoms. The Morgan fingerprint density at radius 2 is 0.735 bits per heavy atom. The Morgan fingerprint density at radius 3 is 0.985 bits per heavy atom. The van der Waals surface area contributed by atoms with Crippen LogP contribution in [0.3, 0.4) is 0 Å². The van der Waals surface area contributed by atoms with Crippen LogP contribution in [-0.2, 0) is 32.3 Å². The summed E-state index contributed by atoms with van der Waals surface area (Å²) in [6.45, 7) is 11.7. The fourth-order valence-electron chi connectivity index (χ4n) is 7.38. The maximum absolute atomic E-state index is 15.7. The van der Waals surface area contributed by atoms with E-state index in [1.54, 1.807) is 93.6 Å². The van der Waals surface area contributed by atoms with Gasteiger partial charge < -0.3 is 44.4 Å². The Balaban J connectivity index is 2.11. The van der Waals surface area contributed by atoms with Gasteiger partial charge in [0, 0.05) is 0 Å². The Bertz CT molecular complexity index is 1750. The lowest BCUT2D eigenvalue weighted by Gasteiger charge is -2.34. The van der Waals surface area contributed by atoms with E-state index in [1.807, 2.05) is 0 Å². The molecule has 6 unspecified atom stereocenters. The number of rotatable bonds is 33. The summed E-state index contributed by atoms with van der Waals surface area (Å²) in [5.74, 6) is 1.50.